The molecule has 0 aromatic rings. The van der Waals surface area contributed by atoms with E-state index in [0.717, 1.165) is 0 Å². The maximum atomic E-state index is 11.4. The number of hydrogen-bond donors (Lipinski definition) is 1. The van der Waals surface area contributed by atoms with E-state index in [2.05, 4.69) is 0 Å². The zero-order valence-corrected chi connectivity index (χ0v) is 8.63. The van der Waals surface area contributed by atoms with Gasteiger partial charge in [-0.3, -0.25) is 4.90 Å². The second kappa shape index (κ2) is 2.87. The molecule has 1 amide bonds. The van der Waals surface area contributed by atoms with Crippen molar-refractivity contribution in [3.8, 4) is 0 Å². The van der Waals surface area contributed by atoms with E-state index in [0.29, 0.717) is 13.0 Å². The third kappa shape index (κ3) is 2.34. The minimum absolute atomic E-state index is 0.441. The molecular weight excluding hydrogens is 170 g/mol. The first-order valence-electron chi connectivity index (χ1n) is 4.45. The first-order chi connectivity index (χ1) is 5.72. The van der Waals surface area contributed by atoms with E-state index in [1.165, 1.54) is 4.90 Å². The molecule has 1 heterocycles. The Morgan fingerprint density at radius 3 is 2.31 bits per heavy atom. The molecule has 13 heavy (non-hydrogen) atoms. The van der Waals surface area contributed by atoms with E-state index < -0.39 is 17.4 Å². The average molecular weight is 187 g/mol. The summed E-state index contributed by atoms with van der Waals surface area (Å²) < 4.78 is 5.10. The number of amides is 1. The molecule has 4 nitrogen and oxygen atoms in total. The second-order valence-electron chi connectivity index (χ2n) is 4.60. The molecule has 0 spiro atoms. The molecule has 0 bridgehead atoms. The van der Waals surface area contributed by atoms with Gasteiger partial charge in [-0.2, -0.15) is 0 Å². The number of nitrogens with zero attached hydrogens (tertiary/aromatic N) is 1. The quantitative estimate of drug-likeness (QED) is 0.622. The largest absolute Gasteiger partial charge is 0.444 e. The van der Waals surface area contributed by atoms with Crippen molar-refractivity contribution in [2.45, 2.75) is 45.4 Å². The zero-order chi connectivity index (χ0) is 10.3. The number of hydrogen-bond acceptors (Lipinski definition) is 3. The molecule has 0 saturated carbocycles. The highest BCUT2D eigenvalue weighted by Gasteiger charge is 2.43. The maximum absolute atomic E-state index is 11.4. The van der Waals surface area contributed by atoms with Gasteiger partial charge in [0.05, 0.1) is 0 Å². The van der Waals surface area contributed by atoms with Gasteiger partial charge in [0.25, 0.3) is 0 Å². The average Bonchev–Trinajstić information content (AvgIpc) is 1.80. The number of carbonyl (C=O) groups excluding carboxylic acids is 1. The molecule has 1 rings (SSSR count). The van der Waals surface area contributed by atoms with E-state index in [-0.39, 0.29) is 0 Å². The van der Waals surface area contributed by atoms with E-state index in [1.54, 1.807) is 27.7 Å². The van der Waals surface area contributed by atoms with Gasteiger partial charge in [-0.25, -0.2) is 4.79 Å². The van der Waals surface area contributed by atoms with Gasteiger partial charge in [0.15, 0.2) is 0 Å². The van der Waals surface area contributed by atoms with Crippen molar-refractivity contribution in [1.82, 2.24) is 4.90 Å². The smallest absolute Gasteiger partial charge is 0.412 e. The normalized spacial score (nSPS) is 28.2. The standard InChI is InChI=1S/C9H17NO3/c1-8(2,3)13-7(11)10-6-5-9(10,4)12/h12H,5-6H2,1-4H3/t9-/m0/s1. The van der Waals surface area contributed by atoms with Crippen molar-refractivity contribution in [3.05, 3.63) is 0 Å². The summed E-state index contributed by atoms with van der Waals surface area (Å²) in [5.41, 5.74) is -1.51. The SMILES string of the molecule is CC(C)(C)OC(=O)N1CC[C@]1(C)O. The highest BCUT2D eigenvalue weighted by molar-refractivity contribution is 5.69. The molecule has 1 N–H and O–H groups in total. The van der Waals surface area contributed by atoms with Gasteiger partial charge in [0.1, 0.15) is 11.3 Å². The van der Waals surface area contributed by atoms with Crippen LogP contribution in [0.3, 0.4) is 0 Å². The van der Waals surface area contributed by atoms with E-state index in [9.17, 15) is 9.90 Å². The summed E-state index contributed by atoms with van der Waals surface area (Å²) >= 11 is 0. The molecule has 0 aromatic carbocycles. The lowest BCUT2D eigenvalue weighted by atomic mass is 10.0. The fourth-order valence-electron chi connectivity index (χ4n) is 1.15. The first-order valence-corrected chi connectivity index (χ1v) is 4.45. The van der Waals surface area contributed by atoms with Crippen LogP contribution in [0.2, 0.25) is 0 Å². The molecule has 1 aliphatic rings. The summed E-state index contributed by atoms with van der Waals surface area (Å²) in [7, 11) is 0. The minimum atomic E-state index is -1.01. The van der Waals surface area contributed by atoms with Crippen LogP contribution >= 0.6 is 0 Å². The molecule has 0 aliphatic carbocycles. The summed E-state index contributed by atoms with van der Waals surface area (Å²) in [6.07, 6.45) is 0.176. The van der Waals surface area contributed by atoms with Crippen LogP contribution in [-0.4, -0.2) is 34.0 Å². The Kier molecular flexibility index (Phi) is 2.28. The monoisotopic (exact) mass is 187 g/mol. The van der Waals surface area contributed by atoms with Crippen LogP contribution in [-0.2, 0) is 4.74 Å². The van der Waals surface area contributed by atoms with Crippen LogP contribution in [0.15, 0.2) is 0 Å². The highest BCUT2D eigenvalue weighted by atomic mass is 16.6. The van der Waals surface area contributed by atoms with Crippen LogP contribution < -0.4 is 0 Å². The van der Waals surface area contributed by atoms with Gasteiger partial charge < -0.3 is 9.84 Å². The molecular formula is C9H17NO3. The number of rotatable bonds is 0. The third-order valence-corrected chi connectivity index (χ3v) is 2.00. The van der Waals surface area contributed by atoms with Gasteiger partial charge in [-0.05, 0) is 27.7 Å². The van der Waals surface area contributed by atoms with Crippen molar-refractivity contribution in [1.29, 1.82) is 0 Å². The lowest BCUT2D eigenvalue weighted by Gasteiger charge is -2.46. The summed E-state index contributed by atoms with van der Waals surface area (Å²) in [6.45, 7) is 7.60. The topological polar surface area (TPSA) is 49.8 Å². The van der Waals surface area contributed by atoms with Crippen LogP contribution in [0.1, 0.15) is 34.1 Å². The molecule has 0 radical (unpaired) electrons. The van der Waals surface area contributed by atoms with Crippen molar-refractivity contribution < 1.29 is 14.6 Å². The summed E-state index contributed by atoms with van der Waals surface area (Å²) in [5.74, 6) is 0. The lowest BCUT2D eigenvalue weighted by Crippen LogP contribution is -2.61. The Balaban J connectivity index is 2.50. The number of likely N-dealkylation sites (tertiary alicyclic amines) is 1. The van der Waals surface area contributed by atoms with E-state index >= 15 is 0 Å². The summed E-state index contributed by atoms with van der Waals surface area (Å²) in [4.78, 5) is 12.7. The maximum Gasteiger partial charge on any atom is 0.412 e. The van der Waals surface area contributed by atoms with Gasteiger partial charge in [-0.1, -0.05) is 0 Å². The molecule has 1 saturated heterocycles. The van der Waals surface area contributed by atoms with Crippen LogP contribution in [0, 0.1) is 0 Å². The lowest BCUT2D eigenvalue weighted by molar-refractivity contribution is -0.156. The van der Waals surface area contributed by atoms with E-state index in [4.69, 9.17) is 4.74 Å². The fraction of sp³-hybridized carbons (Fsp3) is 0.889. The van der Waals surface area contributed by atoms with E-state index in [1.807, 2.05) is 0 Å². The Morgan fingerprint density at radius 1 is 1.54 bits per heavy atom. The van der Waals surface area contributed by atoms with Gasteiger partial charge >= 0.3 is 6.09 Å². The number of aliphatic hydroxyl groups is 1. The summed E-state index contributed by atoms with van der Waals surface area (Å²) in [5, 5.41) is 9.57. The number of carbonyl (C=O) groups is 1. The fourth-order valence-corrected chi connectivity index (χ4v) is 1.15. The van der Waals surface area contributed by atoms with Crippen LogP contribution in [0.5, 0.6) is 0 Å². The molecule has 1 fully saturated rings. The van der Waals surface area contributed by atoms with Gasteiger partial charge in [0.2, 0.25) is 0 Å². The number of ether oxygens (including phenoxy) is 1. The van der Waals surface area contributed by atoms with Crippen molar-refractivity contribution in [3.63, 3.8) is 0 Å². The van der Waals surface area contributed by atoms with Gasteiger partial charge in [0, 0.05) is 13.0 Å². The van der Waals surface area contributed by atoms with Crippen molar-refractivity contribution in [2.24, 2.45) is 0 Å². The highest BCUT2D eigenvalue weighted by Crippen LogP contribution is 2.28. The predicted octanol–water partition coefficient (Wildman–Crippen LogP) is 1.34. The second-order valence-corrected chi connectivity index (χ2v) is 4.60. The van der Waals surface area contributed by atoms with Crippen molar-refractivity contribution in [2.75, 3.05) is 6.54 Å². The zero-order valence-electron chi connectivity index (χ0n) is 8.63. The molecule has 1 aliphatic heterocycles. The Morgan fingerprint density at radius 2 is 2.08 bits per heavy atom. The molecule has 0 aromatic heterocycles. The minimum Gasteiger partial charge on any atom is -0.444 e. The molecule has 1 atom stereocenters. The van der Waals surface area contributed by atoms with Crippen molar-refractivity contribution >= 4 is 6.09 Å². The summed E-state index contributed by atoms with van der Waals surface area (Å²) in [6, 6.07) is 0. The Bertz CT molecular complexity index is 217. The molecule has 4 heteroatoms. The predicted molar refractivity (Wildman–Crippen MR) is 48.2 cm³/mol. The Labute approximate surface area is 78.5 Å². The van der Waals surface area contributed by atoms with Gasteiger partial charge in [-0.15, -0.1) is 0 Å². The van der Waals surface area contributed by atoms with Crippen LogP contribution in [0.4, 0.5) is 4.79 Å². The third-order valence-electron chi connectivity index (χ3n) is 2.00. The molecule has 0 unspecified atom stereocenters. The van der Waals surface area contributed by atoms with Crippen LogP contribution in [0.25, 0.3) is 0 Å². The first kappa shape index (κ1) is 10.3. The molecule has 76 valence electrons. The Hall–Kier alpha value is -0.770.